The number of carbonyl (C=O) groups excluding carboxylic acids is 2. The number of ketones is 1. The zero-order chi connectivity index (χ0) is 17.9. The molecule has 0 bridgehead atoms. The summed E-state index contributed by atoms with van der Waals surface area (Å²) in [5, 5.41) is 8.91. The van der Waals surface area contributed by atoms with Gasteiger partial charge in [0.2, 0.25) is 0 Å². The molecule has 23 heavy (non-hydrogen) atoms. The highest BCUT2D eigenvalue weighted by Crippen LogP contribution is 2.10. The van der Waals surface area contributed by atoms with Gasteiger partial charge in [-0.25, -0.2) is 0 Å². The molecule has 134 valence electrons. The lowest BCUT2D eigenvalue weighted by Gasteiger charge is -2.28. The molecule has 0 aliphatic heterocycles. The summed E-state index contributed by atoms with van der Waals surface area (Å²) >= 11 is 0. The van der Waals surface area contributed by atoms with E-state index in [1.807, 2.05) is 28.1 Å². The smallest absolute Gasteiger partial charge is 0.307 e. The van der Waals surface area contributed by atoms with E-state index < -0.39 is 12.1 Å². The van der Waals surface area contributed by atoms with E-state index in [-0.39, 0.29) is 24.6 Å². The van der Waals surface area contributed by atoms with Gasteiger partial charge in [0.15, 0.2) is 6.10 Å². The number of carboxylic acid groups (broad SMARTS) is 1. The zero-order valence-corrected chi connectivity index (χ0v) is 15.0. The molecule has 0 aromatic heterocycles. The number of Topliss-reactive ketones (excluding diaryl/α,β-unsaturated/α-hetero) is 1. The van der Waals surface area contributed by atoms with Crippen molar-refractivity contribution in [3.63, 3.8) is 0 Å². The number of rotatable bonds is 13. The van der Waals surface area contributed by atoms with Crippen LogP contribution in [0.1, 0.15) is 58.3 Å². The second-order valence-electron chi connectivity index (χ2n) is 7.03. The van der Waals surface area contributed by atoms with Crippen molar-refractivity contribution in [2.75, 3.05) is 27.7 Å². The maximum absolute atomic E-state index is 11.8. The Bertz CT molecular complexity index is 387. The Labute approximate surface area is 139 Å². The van der Waals surface area contributed by atoms with Gasteiger partial charge in [0, 0.05) is 19.3 Å². The third-order valence-electron chi connectivity index (χ3n) is 3.32. The number of ether oxygens (including phenoxy) is 1. The molecule has 0 rings (SSSR count). The van der Waals surface area contributed by atoms with Crippen molar-refractivity contribution in [3.05, 3.63) is 0 Å². The van der Waals surface area contributed by atoms with Crippen LogP contribution in [0.3, 0.4) is 0 Å². The van der Waals surface area contributed by atoms with Crippen LogP contribution in [0.2, 0.25) is 0 Å². The Balaban J connectivity index is 4.03. The fourth-order valence-corrected chi connectivity index (χ4v) is 2.37. The molecule has 0 spiro atoms. The number of nitrogens with zero attached hydrogens (tertiary/aromatic N) is 1. The third-order valence-corrected chi connectivity index (χ3v) is 3.32. The highest BCUT2D eigenvalue weighted by Gasteiger charge is 2.24. The maximum atomic E-state index is 11.8. The van der Waals surface area contributed by atoms with Crippen molar-refractivity contribution < 1.29 is 28.7 Å². The predicted octanol–water partition coefficient (Wildman–Crippen LogP) is 2.40. The summed E-state index contributed by atoms with van der Waals surface area (Å²) < 4.78 is 5.83. The number of quaternary nitrogens is 1. The number of esters is 1. The number of aliphatic carboxylic acids is 1. The van der Waals surface area contributed by atoms with Gasteiger partial charge in [0.1, 0.15) is 12.3 Å². The highest BCUT2D eigenvalue weighted by atomic mass is 16.5. The van der Waals surface area contributed by atoms with E-state index in [2.05, 4.69) is 0 Å². The van der Waals surface area contributed by atoms with Crippen molar-refractivity contribution in [2.45, 2.75) is 64.4 Å². The normalized spacial score (nSPS) is 12.7. The Morgan fingerprint density at radius 3 is 2.13 bits per heavy atom. The van der Waals surface area contributed by atoms with Gasteiger partial charge in [-0.3, -0.25) is 14.4 Å². The van der Waals surface area contributed by atoms with Crippen LogP contribution >= 0.6 is 0 Å². The molecular weight excluding hydrogens is 298 g/mol. The second-order valence-corrected chi connectivity index (χ2v) is 7.03. The molecule has 0 aromatic carbocycles. The minimum absolute atomic E-state index is 0.174. The number of hydrogen-bond donors (Lipinski definition) is 1. The van der Waals surface area contributed by atoms with E-state index in [0.29, 0.717) is 30.3 Å². The first-order chi connectivity index (χ1) is 10.6. The Morgan fingerprint density at radius 2 is 1.61 bits per heavy atom. The first-order valence-electron chi connectivity index (χ1n) is 8.37. The highest BCUT2D eigenvalue weighted by molar-refractivity contribution is 5.78. The molecule has 0 aliphatic carbocycles. The molecule has 0 saturated carbocycles. The molecule has 0 fully saturated rings. The van der Waals surface area contributed by atoms with Gasteiger partial charge in [0.05, 0.1) is 27.6 Å². The van der Waals surface area contributed by atoms with E-state index in [4.69, 9.17) is 9.84 Å². The fraction of sp³-hybridized carbons (Fsp3) is 0.824. The molecule has 1 unspecified atom stereocenters. The summed E-state index contributed by atoms with van der Waals surface area (Å²) in [6.07, 6.45) is 3.85. The Morgan fingerprint density at radius 1 is 1.00 bits per heavy atom. The SMILES string of the molecule is CCCC(=O)CCCCCC(=O)OC(CC(=O)O)C[N+](C)(C)C. The average Bonchev–Trinajstić information content (AvgIpc) is 2.35. The summed E-state index contributed by atoms with van der Waals surface area (Å²) in [5.41, 5.74) is 0. The molecule has 6 heteroatoms. The molecule has 0 aromatic rings. The van der Waals surface area contributed by atoms with Crippen LogP contribution in [0.25, 0.3) is 0 Å². The minimum Gasteiger partial charge on any atom is -0.481 e. The molecule has 1 N–H and O–H groups in total. The van der Waals surface area contributed by atoms with E-state index in [1.54, 1.807) is 0 Å². The summed E-state index contributed by atoms with van der Waals surface area (Å²) in [4.78, 5) is 34.1. The van der Waals surface area contributed by atoms with Crippen LogP contribution < -0.4 is 0 Å². The van der Waals surface area contributed by atoms with Crippen molar-refractivity contribution in [3.8, 4) is 0 Å². The van der Waals surface area contributed by atoms with Crippen LogP contribution in [0.4, 0.5) is 0 Å². The molecule has 0 radical (unpaired) electrons. The Hall–Kier alpha value is -1.43. The van der Waals surface area contributed by atoms with Gasteiger partial charge in [-0.2, -0.15) is 0 Å². The van der Waals surface area contributed by atoms with Crippen LogP contribution in [0, 0.1) is 0 Å². The van der Waals surface area contributed by atoms with Gasteiger partial charge in [-0.1, -0.05) is 13.3 Å². The fourth-order valence-electron chi connectivity index (χ4n) is 2.37. The molecule has 1 atom stereocenters. The van der Waals surface area contributed by atoms with Gasteiger partial charge in [0.25, 0.3) is 0 Å². The topological polar surface area (TPSA) is 80.7 Å². The number of carboxylic acids is 1. The summed E-state index contributed by atoms with van der Waals surface area (Å²) in [5.74, 6) is -1.05. The van der Waals surface area contributed by atoms with E-state index in [9.17, 15) is 14.4 Å². The van der Waals surface area contributed by atoms with E-state index in [0.717, 1.165) is 19.3 Å². The summed E-state index contributed by atoms with van der Waals surface area (Å²) in [6.45, 7) is 2.45. The van der Waals surface area contributed by atoms with E-state index >= 15 is 0 Å². The lowest BCUT2D eigenvalue weighted by Crippen LogP contribution is -2.43. The molecule has 0 heterocycles. The number of carbonyl (C=O) groups is 3. The predicted molar refractivity (Wildman–Crippen MR) is 88.0 cm³/mol. The monoisotopic (exact) mass is 330 g/mol. The number of hydrogen-bond acceptors (Lipinski definition) is 4. The maximum Gasteiger partial charge on any atom is 0.307 e. The minimum atomic E-state index is -0.967. The van der Waals surface area contributed by atoms with Gasteiger partial charge in [-0.05, 0) is 19.3 Å². The standard InChI is InChI=1S/C17H31NO5/c1-5-9-14(19)10-7-6-8-11-17(22)23-15(12-16(20)21)13-18(2,3)4/h15H,5-13H2,1-4H3/p+1. The molecular formula is C17H32NO5+. The number of unbranched alkanes of at least 4 members (excludes halogenated alkanes) is 2. The van der Waals surface area contributed by atoms with Crippen molar-refractivity contribution in [2.24, 2.45) is 0 Å². The van der Waals surface area contributed by atoms with Gasteiger partial charge < -0.3 is 14.3 Å². The number of likely N-dealkylation sites (N-methyl/N-ethyl adjacent to an activating group) is 1. The molecule has 0 aliphatic rings. The summed E-state index contributed by atoms with van der Waals surface area (Å²) in [6, 6.07) is 0. The third kappa shape index (κ3) is 13.9. The molecule has 0 amide bonds. The van der Waals surface area contributed by atoms with Gasteiger partial charge in [-0.15, -0.1) is 0 Å². The average molecular weight is 330 g/mol. The van der Waals surface area contributed by atoms with Crippen molar-refractivity contribution >= 4 is 17.7 Å². The zero-order valence-electron chi connectivity index (χ0n) is 15.0. The van der Waals surface area contributed by atoms with Crippen LogP contribution in [0.5, 0.6) is 0 Å². The van der Waals surface area contributed by atoms with Gasteiger partial charge >= 0.3 is 11.9 Å². The van der Waals surface area contributed by atoms with Crippen LogP contribution in [-0.2, 0) is 19.1 Å². The lowest BCUT2D eigenvalue weighted by molar-refractivity contribution is -0.873. The quantitative estimate of drug-likeness (QED) is 0.319. The molecule has 6 nitrogen and oxygen atoms in total. The first kappa shape index (κ1) is 21.6. The second kappa shape index (κ2) is 11.2. The van der Waals surface area contributed by atoms with Crippen LogP contribution in [-0.4, -0.2) is 61.1 Å². The Kier molecular flexibility index (Phi) is 10.5. The van der Waals surface area contributed by atoms with Crippen molar-refractivity contribution in [1.29, 1.82) is 0 Å². The summed E-state index contributed by atoms with van der Waals surface area (Å²) in [7, 11) is 5.78. The molecule has 0 saturated heterocycles. The van der Waals surface area contributed by atoms with Crippen molar-refractivity contribution in [1.82, 2.24) is 0 Å². The lowest BCUT2D eigenvalue weighted by atomic mass is 10.1. The van der Waals surface area contributed by atoms with Crippen LogP contribution in [0.15, 0.2) is 0 Å². The first-order valence-corrected chi connectivity index (χ1v) is 8.37. The largest absolute Gasteiger partial charge is 0.481 e. The van der Waals surface area contributed by atoms with E-state index in [1.165, 1.54) is 0 Å².